The van der Waals surface area contributed by atoms with Gasteiger partial charge in [0.25, 0.3) is 5.91 Å². The Balaban J connectivity index is 1.68. The van der Waals surface area contributed by atoms with Gasteiger partial charge in [-0.05, 0) is 23.8 Å². The van der Waals surface area contributed by atoms with E-state index in [1.807, 2.05) is 18.2 Å². The molecule has 1 aromatic heterocycles. The number of aromatic nitrogens is 1. The van der Waals surface area contributed by atoms with Crippen LogP contribution in [0.2, 0.25) is 10.0 Å². The van der Waals surface area contributed by atoms with E-state index in [2.05, 4.69) is 9.88 Å². The molecule has 0 spiro atoms. The van der Waals surface area contributed by atoms with Crippen molar-refractivity contribution in [2.24, 2.45) is 0 Å². The first kappa shape index (κ1) is 18.0. The molecule has 1 fully saturated rings. The lowest BCUT2D eigenvalue weighted by Gasteiger charge is -2.27. The molecule has 0 aliphatic carbocycles. The van der Waals surface area contributed by atoms with Crippen LogP contribution in [-0.2, 0) is 11.3 Å². The molecule has 5 nitrogen and oxygen atoms in total. The second-order valence-corrected chi connectivity index (χ2v) is 6.66. The SMILES string of the molecule is CN(Cc1cccc(Cl)c1Cl)C(=O)c1ccc(N2CCOCC2)nc1. The summed E-state index contributed by atoms with van der Waals surface area (Å²) in [6, 6.07) is 9.08. The van der Waals surface area contributed by atoms with Gasteiger partial charge in [0.15, 0.2) is 0 Å². The molecule has 25 heavy (non-hydrogen) atoms. The first-order chi connectivity index (χ1) is 12.1. The highest BCUT2D eigenvalue weighted by Crippen LogP contribution is 2.26. The Hall–Kier alpha value is -1.82. The fraction of sp³-hybridized carbons (Fsp3) is 0.333. The predicted octanol–water partition coefficient (Wildman–Crippen LogP) is 3.50. The first-order valence-electron chi connectivity index (χ1n) is 8.03. The number of pyridine rings is 1. The minimum Gasteiger partial charge on any atom is -0.378 e. The summed E-state index contributed by atoms with van der Waals surface area (Å²) in [4.78, 5) is 20.8. The van der Waals surface area contributed by atoms with Gasteiger partial charge in [-0.3, -0.25) is 4.79 Å². The third-order valence-electron chi connectivity index (χ3n) is 4.12. The van der Waals surface area contributed by atoms with Gasteiger partial charge in [0, 0.05) is 32.9 Å². The number of anilines is 1. The molecular weight excluding hydrogens is 361 g/mol. The standard InChI is InChI=1S/C18H19Cl2N3O2/c1-22(12-14-3-2-4-15(19)17(14)20)18(24)13-5-6-16(21-11-13)23-7-9-25-10-8-23/h2-6,11H,7-10,12H2,1H3. The molecule has 2 heterocycles. The lowest BCUT2D eigenvalue weighted by atomic mass is 10.2. The summed E-state index contributed by atoms with van der Waals surface area (Å²) < 4.78 is 5.34. The number of nitrogens with zero attached hydrogens (tertiary/aromatic N) is 3. The Morgan fingerprint density at radius 2 is 2.00 bits per heavy atom. The Morgan fingerprint density at radius 3 is 2.68 bits per heavy atom. The zero-order chi connectivity index (χ0) is 17.8. The first-order valence-corrected chi connectivity index (χ1v) is 8.79. The van der Waals surface area contributed by atoms with Crippen LogP contribution in [0.3, 0.4) is 0 Å². The Kier molecular flexibility index (Phi) is 5.78. The van der Waals surface area contributed by atoms with E-state index >= 15 is 0 Å². The van der Waals surface area contributed by atoms with E-state index in [9.17, 15) is 4.79 Å². The second-order valence-electron chi connectivity index (χ2n) is 5.88. The molecule has 1 aliphatic rings. The molecule has 0 atom stereocenters. The molecule has 132 valence electrons. The lowest BCUT2D eigenvalue weighted by Crippen LogP contribution is -2.36. The van der Waals surface area contributed by atoms with Crippen molar-refractivity contribution in [2.45, 2.75) is 6.54 Å². The zero-order valence-electron chi connectivity index (χ0n) is 13.9. The van der Waals surface area contributed by atoms with Crippen LogP contribution in [0.4, 0.5) is 5.82 Å². The molecular formula is C18H19Cl2N3O2. The van der Waals surface area contributed by atoms with Gasteiger partial charge in [0.1, 0.15) is 5.82 Å². The molecule has 2 aromatic rings. The van der Waals surface area contributed by atoms with Gasteiger partial charge in [-0.1, -0.05) is 35.3 Å². The molecule has 3 rings (SSSR count). The van der Waals surface area contributed by atoms with Crippen molar-refractivity contribution in [2.75, 3.05) is 38.3 Å². The fourth-order valence-corrected chi connectivity index (χ4v) is 3.09. The molecule has 1 saturated heterocycles. The Bertz CT molecular complexity index is 746. The third-order valence-corrected chi connectivity index (χ3v) is 4.97. The molecule has 0 N–H and O–H groups in total. The minimum absolute atomic E-state index is 0.114. The minimum atomic E-state index is -0.114. The molecule has 1 aliphatic heterocycles. The Morgan fingerprint density at radius 1 is 1.24 bits per heavy atom. The number of hydrogen-bond acceptors (Lipinski definition) is 4. The van der Waals surface area contributed by atoms with E-state index in [1.165, 1.54) is 0 Å². The maximum atomic E-state index is 12.6. The number of rotatable bonds is 4. The highest BCUT2D eigenvalue weighted by Gasteiger charge is 2.17. The van der Waals surface area contributed by atoms with Crippen LogP contribution >= 0.6 is 23.2 Å². The van der Waals surface area contributed by atoms with E-state index in [0.29, 0.717) is 35.4 Å². The number of carbonyl (C=O) groups is 1. The molecule has 7 heteroatoms. The zero-order valence-corrected chi connectivity index (χ0v) is 15.4. The van der Waals surface area contributed by atoms with Gasteiger partial charge < -0.3 is 14.5 Å². The van der Waals surface area contributed by atoms with E-state index in [0.717, 1.165) is 24.5 Å². The van der Waals surface area contributed by atoms with Gasteiger partial charge in [-0.2, -0.15) is 0 Å². The van der Waals surface area contributed by atoms with E-state index < -0.39 is 0 Å². The van der Waals surface area contributed by atoms with Gasteiger partial charge in [0.2, 0.25) is 0 Å². The molecule has 1 aromatic carbocycles. The topological polar surface area (TPSA) is 45.7 Å². The quantitative estimate of drug-likeness (QED) is 0.815. The average Bonchev–Trinajstić information content (AvgIpc) is 2.65. The summed E-state index contributed by atoms with van der Waals surface area (Å²) >= 11 is 12.2. The predicted molar refractivity (Wildman–Crippen MR) is 99.5 cm³/mol. The van der Waals surface area contributed by atoms with Crippen molar-refractivity contribution < 1.29 is 9.53 Å². The number of ether oxygens (including phenoxy) is 1. The summed E-state index contributed by atoms with van der Waals surface area (Å²) in [7, 11) is 1.73. The van der Waals surface area contributed by atoms with Crippen LogP contribution in [0.5, 0.6) is 0 Å². The lowest BCUT2D eigenvalue weighted by molar-refractivity contribution is 0.0784. The molecule has 0 bridgehead atoms. The highest BCUT2D eigenvalue weighted by atomic mass is 35.5. The van der Waals surface area contributed by atoms with E-state index in [4.69, 9.17) is 27.9 Å². The Labute approximate surface area is 157 Å². The van der Waals surface area contributed by atoms with Crippen molar-refractivity contribution in [3.05, 3.63) is 57.7 Å². The number of morpholine rings is 1. The number of hydrogen-bond donors (Lipinski definition) is 0. The van der Waals surface area contributed by atoms with E-state index in [-0.39, 0.29) is 5.91 Å². The van der Waals surface area contributed by atoms with Gasteiger partial charge in [-0.15, -0.1) is 0 Å². The number of benzene rings is 1. The molecule has 0 saturated carbocycles. The van der Waals surface area contributed by atoms with Gasteiger partial charge in [-0.25, -0.2) is 4.98 Å². The summed E-state index contributed by atoms with van der Waals surface area (Å²) in [6.07, 6.45) is 1.61. The largest absolute Gasteiger partial charge is 0.378 e. The second kappa shape index (κ2) is 8.04. The normalized spacial score (nSPS) is 14.4. The van der Waals surface area contributed by atoms with E-state index in [1.54, 1.807) is 30.3 Å². The van der Waals surface area contributed by atoms with Gasteiger partial charge >= 0.3 is 0 Å². The van der Waals surface area contributed by atoms with Crippen LogP contribution in [0.15, 0.2) is 36.5 Å². The van der Waals surface area contributed by atoms with Crippen molar-refractivity contribution in [3.8, 4) is 0 Å². The van der Waals surface area contributed by atoms with Crippen molar-refractivity contribution in [1.29, 1.82) is 0 Å². The summed E-state index contributed by atoms with van der Waals surface area (Å²) in [5, 5.41) is 0.959. The summed E-state index contributed by atoms with van der Waals surface area (Å²) in [5.74, 6) is 0.748. The average molecular weight is 380 g/mol. The van der Waals surface area contributed by atoms with Crippen LogP contribution in [0, 0.1) is 0 Å². The molecule has 0 radical (unpaired) electrons. The maximum absolute atomic E-state index is 12.6. The number of halogens is 2. The highest BCUT2D eigenvalue weighted by molar-refractivity contribution is 6.42. The van der Waals surface area contributed by atoms with Crippen LogP contribution in [-0.4, -0.2) is 49.1 Å². The van der Waals surface area contributed by atoms with Crippen molar-refractivity contribution in [3.63, 3.8) is 0 Å². The van der Waals surface area contributed by atoms with Gasteiger partial charge in [0.05, 0.1) is 28.8 Å². The smallest absolute Gasteiger partial charge is 0.255 e. The summed E-state index contributed by atoms with van der Waals surface area (Å²) in [5.41, 5.74) is 1.35. The number of carbonyl (C=O) groups excluding carboxylic acids is 1. The van der Waals surface area contributed by atoms with Crippen LogP contribution in [0.1, 0.15) is 15.9 Å². The van der Waals surface area contributed by atoms with Crippen molar-refractivity contribution >= 4 is 34.9 Å². The number of amides is 1. The van der Waals surface area contributed by atoms with Crippen LogP contribution in [0.25, 0.3) is 0 Å². The van der Waals surface area contributed by atoms with Crippen molar-refractivity contribution in [1.82, 2.24) is 9.88 Å². The van der Waals surface area contributed by atoms with Crippen LogP contribution < -0.4 is 4.90 Å². The molecule has 1 amide bonds. The third kappa shape index (κ3) is 4.24. The monoisotopic (exact) mass is 379 g/mol. The molecule has 0 unspecified atom stereocenters. The fourth-order valence-electron chi connectivity index (χ4n) is 2.71. The summed E-state index contributed by atoms with van der Waals surface area (Å²) in [6.45, 7) is 3.40. The maximum Gasteiger partial charge on any atom is 0.255 e.